The Morgan fingerprint density at radius 3 is 2.62 bits per heavy atom. The van der Waals surface area contributed by atoms with E-state index in [9.17, 15) is 4.79 Å². The number of hydrogen-bond acceptors (Lipinski definition) is 2. The van der Waals surface area contributed by atoms with Gasteiger partial charge in [-0.15, -0.1) is 0 Å². The van der Waals surface area contributed by atoms with Crippen LogP contribution in [-0.4, -0.2) is 10.2 Å². The highest BCUT2D eigenvalue weighted by molar-refractivity contribution is 6.30. The molecule has 0 saturated heterocycles. The number of aromatic nitrogens is 2. The van der Waals surface area contributed by atoms with Gasteiger partial charge in [0.1, 0.15) is 0 Å². The summed E-state index contributed by atoms with van der Waals surface area (Å²) in [4.78, 5) is 11.1. The van der Waals surface area contributed by atoms with Gasteiger partial charge in [-0.2, -0.15) is 5.10 Å². The summed E-state index contributed by atoms with van der Waals surface area (Å²) in [6.45, 7) is 2.00. The number of hydrogen-bond donors (Lipinski definition) is 1. The Labute approximate surface area is 98.1 Å². The molecule has 1 aromatic heterocycles. The first-order valence-corrected chi connectivity index (χ1v) is 5.43. The molecule has 1 heterocycles. The minimum atomic E-state index is -0.172. The zero-order valence-electron chi connectivity index (χ0n) is 8.83. The molecule has 0 radical (unpaired) electrons. The molecular weight excluding hydrogens is 224 g/mol. The molecule has 1 aromatic carbocycles. The summed E-state index contributed by atoms with van der Waals surface area (Å²) in [5.41, 5.74) is 2.52. The summed E-state index contributed by atoms with van der Waals surface area (Å²) < 4.78 is 0. The van der Waals surface area contributed by atoms with Gasteiger partial charge in [0.05, 0.1) is 5.69 Å². The molecule has 0 atom stereocenters. The molecule has 1 N–H and O–H groups in total. The molecule has 16 heavy (non-hydrogen) atoms. The van der Waals surface area contributed by atoms with Crippen molar-refractivity contribution in [2.45, 2.75) is 13.3 Å². The average molecular weight is 235 g/mol. The predicted molar refractivity (Wildman–Crippen MR) is 64.7 cm³/mol. The molecule has 0 saturated carbocycles. The SMILES string of the molecule is CCc1cc(=O)[nH]nc1-c1ccc(Cl)cc1. The zero-order chi connectivity index (χ0) is 11.5. The van der Waals surface area contributed by atoms with E-state index in [0.29, 0.717) is 5.02 Å². The third-order valence-corrected chi connectivity index (χ3v) is 2.64. The lowest BCUT2D eigenvalue weighted by Crippen LogP contribution is -2.09. The third kappa shape index (κ3) is 2.14. The first-order chi connectivity index (χ1) is 7.70. The molecule has 0 fully saturated rings. The second-order valence-electron chi connectivity index (χ2n) is 3.47. The molecule has 0 spiro atoms. The van der Waals surface area contributed by atoms with Crippen LogP contribution >= 0.6 is 11.6 Å². The molecule has 3 nitrogen and oxygen atoms in total. The van der Waals surface area contributed by atoms with Crippen LogP contribution < -0.4 is 5.56 Å². The lowest BCUT2D eigenvalue weighted by atomic mass is 10.1. The lowest BCUT2D eigenvalue weighted by Gasteiger charge is -2.05. The highest BCUT2D eigenvalue weighted by Gasteiger charge is 2.06. The van der Waals surface area contributed by atoms with Crippen LogP contribution in [0.25, 0.3) is 11.3 Å². The van der Waals surface area contributed by atoms with Gasteiger partial charge in [0.2, 0.25) is 0 Å². The van der Waals surface area contributed by atoms with Crippen LogP contribution in [0.3, 0.4) is 0 Å². The van der Waals surface area contributed by atoms with Gasteiger partial charge in [0.25, 0.3) is 5.56 Å². The fraction of sp³-hybridized carbons (Fsp3) is 0.167. The maximum Gasteiger partial charge on any atom is 0.264 e. The van der Waals surface area contributed by atoms with Gasteiger partial charge in [0, 0.05) is 16.7 Å². The van der Waals surface area contributed by atoms with E-state index in [-0.39, 0.29) is 5.56 Å². The Hall–Kier alpha value is -1.61. The summed E-state index contributed by atoms with van der Waals surface area (Å²) in [7, 11) is 0. The minimum absolute atomic E-state index is 0.172. The van der Waals surface area contributed by atoms with Crippen LogP contribution in [0.5, 0.6) is 0 Å². The van der Waals surface area contributed by atoms with Gasteiger partial charge in [-0.25, -0.2) is 5.10 Å². The number of rotatable bonds is 2. The topological polar surface area (TPSA) is 45.8 Å². The van der Waals surface area contributed by atoms with Crippen molar-refractivity contribution in [1.82, 2.24) is 10.2 Å². The van der Waals surface area contributed by atoms with E-state index < -0.39 is 0 Å². The maximum atomic E-state index is 11.1. The van der Waals surface area contributed by atoms with Crippen molar-refractivity contribution in [1.29, 1.82) is 0 Å². The van der Waals surface area contributed by atoms with Gasteiger partial charge < -0.3 is 0 Å². The fourth-order valence-electron chi connectivity index (χ4n) is 1.57. The van der Waals surface area contributed by atoms with E-state index in [4.69, 9.17) is 11.6 Å². The van der Waals surface area contributed by atoms with E-state index in [0.717, 1.165) is 23.2 Å². The van der Waals surface area contributed by atoms with Crippen LogP contribution in [0.2, 0.25) is 5.02 Å². The number of aromatic amines is 1. The standard InChI is InChI=1S/C12H11ClN2O/c1-2-8-7-11(16)14-15-12(8)9-3-5-10(13)6-4-9/h3-7H,2H2,1H3,(H,14,16). The van der Waals surface area contributed by atoms with Gasteiger partial charge >= 0.3 is 0 Å². The average Bonchev–Trinajstić information content (AvgIpc) is 2.30. The first kappa shape index (κ1) is 10.9. The molecule has 2 rings (SSSR count). The lowest BCUT2D eigenvalue weighted by molar-refractivity contribution is 0.957. The predicted octanol–water partition coefficient (Wildman–Crippen LogP) is 2.65. The molecule has 0 aliphatic rings. The molecule has 82 valence electrons. The Bertz CT molecular complexity index is 546. The van der Waals surface area contributed by atoms with Crippen LogP contribution in [-0.2, 0) is 6.42 Å². The summed E-state index contributed by atoms with van der Waals surface area (Å²) in [6.07, 6.45) is 0.773. The molecule has 4 heteroatoms. The summed E-state index contributed by atoms with van der Waals surface area (Å²) in [5.74, 6) is 0. The van der Waals surface area contributed by atoms with E-state index in [1.165, 1.54) is 0 Å². The maximum absolute atomic E-state index is 11.1. The Morgan fingerprint density at radius 2 is 2.00 bits per heavy atom. The van der Waals surface area contributed by atoms with Gasteiger partial charge in [-0.05, 0) is 24.1 Å². The number of halogens is 1. The Morgan fingerprint density at radius 1 is 1.31 bits per heavy atom. The first-order valence-electron chi connectivity index (χ1n) is 5.05. The van der Waals surface area contributed by atoms with Crippen LogP contribution in [0.1, 0.15) is 12.5 Å². The minimum Gasteiger partial charge on any atom is -0.268 e. The third-order valence-electron chi connectivity index (χ3n) is 2.39. The van der Waals surface area contributed by atoms with Crippen molar-refractivity contribution >= 4 is 11.6 Å². The Balaban J connectivity index is 2.55. The molecule has 0 unspecified atom stereocenters. The van der Waals surface area contributed by atoms with Crippen molar-refractivity contribution in [3.63, 3.8) is 0 Å². The van der Waals surface area contributed by atoms with Crippen LogP contribution in [0.15, 0.2) is 35.1 Å². The highest BCUT2D eigenvalue weighted by atomic mass is 35.5. The number of nitrogens with one attached hydrogen (secondary N) is 1. The zero-order valence-corrected chi connectivity index (χ0v) is 9.58. The second kappa shape index (κ2) is 4.49. The highest BCUT2D eigenvalue weighted by Crippen LogP contribution is 2.21. The van der Waals surface area contributed by atoms with Crippen molar-refractivity contribution in [3.8, 4) is 11.3 Å². The van der Waals surface area contributed by atoms with Crippen LogP contribution in [0.4, 0.5) is 0 Å². The van der Waals surface area contributed by atoms with Crippen LogP contribution in [0, 0.1) is 0 Å². The summed E-state index contributed by atoms with van der Waals surface area (Å²) in [5, 5.41) is 7.20. The van der Waals surface area contributed by atoms with Crippen molar-refractivity contribution in [2.24, 2.45) is 0 Å². The summed E-state index contributed by atoms with van der Waals surface area (Å²) in [6, 6.07) is 8.98. The second-order valence-corrected chi connectivity index (χ2v) is 3.90. The molecule has 0 aliphatic carbocycles. The van der Waals surface area contributed by atoms with Crippen molar-refractivity contribution in [3.05, 3.63) is 51.3 Å². The number of H-pyrrole nitrogens is 1. The van der Waals surface area contributed by atoms with E-state index in [1.54, 1.807) is 6.07 Å². The van der Waals surface area contributed by atoms with E-state index in [2.05, 4.69) is 10.2 Å². The number of benzene rings is 1. The van der Waals surface area contributed by atoms with Gasteiger partial charge in [-0.1, -0.05) is 30.7 Å². The normalized spacial score (nSPS) is 10.4. The molecule has 0 aliphatic heterocycles. The molecule has 2 aromatic rings. The van der Waals surface area contributed by atoms with Gasteiger partial charge in [-0.3, -0.25) is 4.79 Å². The fourth-order valence-corrected chi connectivity index (χ4v) is 1.69. The summed E-state index contributed by atoms with van der Waals surface area (Å²) >= 11 is 5.82. The molecule has 0 bridgehead atoms. The van der Waals surface area contributed by atoms with Crippen molar-refractivity contribution < 1.29 is 0 Å². The van der Waals surface area contributed by atoms with Gasteiger partial charge in [0.15, 0.2) is 0 Å². The van der Waals surface area contributed by atoms with Crippen molar-refractivity contribution in [2.75, 3.05) is 0 Å². The Kier molecular flexibility index (Phi) is 3.06. The number of nitrogens with zero attached hydrogens (tertiary/aromatic N) is 1. The molecule has 0 amide bonds. The van der Waals surface area contributed by atoms with E-state index in [1.807, 2.05) is 31.2 Å². The molecular formula is C12H11ClN2O. The number of aryl methyl sites for hydroxylation is 1. The largest absolute Gasteiger partial charge is 0.268 e. The quantitative estimate of drug-likeness (QED) is 0.868. The monoisotopic (exact) mass is 234 g/mol. The smallest absolute Gasteiger partial charge is 0.264 e. The van der Waals surface area contributed by atoms with E-state index >= 15 is 0 Å².